The van der Waals surface area contributed by atoms with Gasteiger partial charge in [0, 0.05) is 32.6 Å². The Hall–Kier alpha value is -0.610. The van der Waals surface area contributed by atoms with E-state index in [4.69, 9.17) is 4.74 Å². The summed E-state index contributed by atoms with van der Waals surface area (Å²) in [6.07, 6.45) is 8.81. The van der Waals surface area contributed by atoms with Gasteiger partial charge in [0.25, 0.3) is 0 Å². The summed E-state index contributed by atoms with van der Waals surface area (Å²) in [5.41, 5.74) is 0. The van der Waals surface area contributed by atoms with Gasteiger partial charge in [-0.25, -0.2) is 0 Å². The fourth-order valence-corrected chi connectivity index (χ4v) is 3.70. The zero-order chi connectivity index (χ0) is 15.9. The zero-order valence-corrected chi connectivity index (χ0v) is 14.7. The van der Waals surface area contributed by atoms with Gasteiger partial charge in [-0.2, -0.15) is 0 Å². The Morgan fingerprint density at radius 3 is 2.32 bits per heavy atom. The molecule has 4 nitrogen and oxygen atoms in total. The van der Waals surface area contributed by atoms with Crippen LogP contribution in [-0.4, -0.2) is 61.1 Å². The van der Waals surface area contributed by atoms with Crippen molar-refractivity contribution < 1.29 is 9.53 Å². The van der Waals surface area contributed by atoms with Crippen molar-refractivity contribution in [2.75, 3.05) is 33.2 Å². The molecule has 1 amide bonds. The van der Waals surface area contributed by atoms with E-state index in [9.17, 15) is 4.79 Å². The first-order valence-corrected chi connectivity index (χ1v) is 9.16. The molecular formula is C18H34N2O2. The van der Waals surface area contributed by atoms with Gasteiger partial charge in [-0.15, -0.1) is 0 Å². The molecule has 0 spiro atoms. The second-order valence-corrected chi connectivity index (χ2v) is 7.40. The van der Waals surface area contributed by atoms with Crippen LogP contribution in [0.1, 0.15) is 58.8 Å². The van der Waals surface area contributed by atoms with Crippen LogP contribution in [0.4, 0.5) is 0 Å². The molecule has 128 valence electrons. The number of carbonyl (C=O) groups excluding carboxylic acids is 1. The molecule has 22 heavy (non-hydrogen) atoms. The molecule has 2 fully saturated rings. The molecule has 0 atom stereocenters. The second-order valence-electron chi connectivity index (χ2n) is 7.40. The standard InChI is InChI=1S/C18H34N2O2/c1-15(2)22-17-9-7-16(8-10-17)5-4-6-18(21)20-13-11-19(3)12-14-20/h15-17H,4-14H2,1-3H3. The lowest BCUT2D eigenvalue weighted by atomic mass is 9.84. The van der Waals surface area contributed by atoms with E-state index in [1.807, 2.05) is 4.90 Å². The average molecular weight is 310 g/mol. The molecule has 1 aliphatic heterocycles. The molecule has 1 heterocycles. The van der Waals surface area contributed by atoms with Crippen molar-refractivity contribution >= 4 is 5.91 Å². The van der Waals surface area contributed by atoms with E-state index in [1.165, 1.54) is 32.1 Å². The SMILES string of the molecule is CC(C)OC1CCC(CCCC(=O)N2CCN(C)CC2)CC1. The molecule has 1 aliphatic carbocycles. The van der Waals surface area contributed by atoms with Crippen LogP contribution in [0.5, 0.6) is 0 Å². The van der Waals surface area contributed by atoms with Crippen LogP contribution in [0.2, 0.25) is 0 Å². The molecule has 2 aliphatic rings. The molecule has 0 unspecified atom stereocenters. The molecule has 1 saturated heterocycles. The van der Waals surface area contributed by atoms with E-state index in [1.54, 1.807) is 0 Å². The minimum atomic E-state index is 0.350. The van der Waals surface area contributed by atoms with Crippen LogP contribution >= 0.6 is 0 Å². The van der Waals surface area contributed by atoms with Crippen LogP contribution in [0, 0.1) is 5.92 Å². The van der Waals surface area contributed by atoms with Gasteiger partial charge in [-0.3, -0.25) is 4.79 Å². The summed E-state index contributed by atoms with van der Waals surface area (Å²) in [4.78, 5) is 16.5. The van der Waals surface area contributed by atoms with Crippen LogP contribution in [0.25, 0.3) is 0 Å². The first-order valence-electron chi connectivity index (χ1n) is 9.16. The van der Waals surface area contributed by atoms with Crippen molar-refractivity contribution in [3.05, 3.63) is 0 Å². The first kappa shape index (κ1) is 17.7. The van der Waals surface area contributed by atoms with E-state index >= 15 is 0 Å². The van der Waals surface area contributed by atoms with Gasteiger partial charge in [0.05, 0.1) is 12.2 Å². The summed E-state index contributed by atoms with van der Waals surface area (Å²) in [5.74, 6) is 1.18. The van der Waals surface area contributed by atoms with E-state index in [2.05, 4.69) is 25.8 Å². The number of rotatable bonds is 6. The van der Waals surface area contributed by atoms with Gasteiger partial charge in [0.2, 0.25) is 5.91 Å². The van der Waals surface area contributed by atoms with E-state index in [0.29, 0.717) is 18.1 Å². The van der Waals surface area contributed by atoms with Gasteiger partial charge >= 0.3 is 0 Å². The molecular weight excluding hydrogens is 276 g/mol. The molecule has 2 rings (SSSR count). The van der Waals surface area contributed by atoms with Crippen molar-refractivity contribution in [2.45, 2.75) is 71.0 Å². The Morgan fingerprint density at radius 2 is 1.73 bits per heavy atom. The summed E-state index contributed by atoms with van der Waals surface area (Å²) < 4.78 is 5.91. The maximum absolute atomic E-state index is 12.2. The number of hydrogen-bond donors (Lipinski definition) is 0. The predicted molar refractivity (Wildman–Crippen MR) is 89.9 cm³/mol. The third kappa shape index (κ3) is 5.88. The lowest BCUT2D eigenvalue weighted by molar-refractivity contribution is -0.132. The van der Waals surface area contributed by atoms with Gasteiger partial charge in [-0.1, -0.05) is 0 Å². The minimum Gasteiger partial charge on any atom is -0.376 e. The van der Waals surface area contributed by atoms with E-state index in [-0.39, 0.29) is 0 Å². The summed E-state index contributed by atoms with van der Waals surface area (Å²) in [6.45, 7) is 8.10. The minimum absolute atomic E-state index is 0.350. The highest BCUT2D eigenvalue weighted by atomic mass is 16.5. The number of ether oxygens (including phenoxy) is 1. The topological polar surface area (TPSA) is 32.8 Å². The summed E-state index contributed by atoms with van der Waals surface area (Å²) in [5, 5.41) is 0. The van der Waals surface area contributed by atoms with Crippen molar-refractivity contribution in [1.82, 2.24) is 9.80 Å². The molecule has 0 radical (unpaired) electrons. The van der Waals surface area contributed by atoms with Gasteiger partial charge in [0.15, 0.2) is 0 Å². The number of amides is 1. The molecule has 0 bridgehead atoms. The molecule has 0 N–H and O–H groups in total. The van der Waals surface area contributed by atoms with Crippen LogP contribution in [0.15, 0.2) is 0 Å². The number of hydrogen-bond acceptors (Lipinski definition) is 3. The van der Waals surface area contributed by atoms with Crippen molar-refractivity contribution in [3.63, 3.8) is 0 Å². The lowest BCUT2D eigenvalue weighted by Gasteiger charge is -2.33. The van der Waals surface area contributed by atoms with Crippen molar-refractivity contribution in [3.8, 4) is 0 Å². The fourth-order valence-electron chi connectivity index (χ4n) is 3.70. The third-order valence-electron chi connectivity index (χ3n) is 5.12. The van der Waals surface area contributed by atoms with Gasteiger partial charge in [-0.05, 0) is 65.3 Å². The Bertz CT molecular complexity index is 330. The zero-order valence-electron chi connectivity index (χ0n) is 14.7. The molecule has 1 saturated carbocycles. The fraction of sp³-hybridized carbons (Fsp3) is 0.944. The van der Waals surface area contributed by atoms with Crippen LogP contribution in [0.3, 0.4) is 0 Å². The Morgan fingerprint density at radius 1 is 1.09 bits per heavy atom. The maximum Gasteiger partial charge on any atom is 0.222 e. The van der Waals surface area contributed by atoms with Gasteiger partial charge < -0.3 is 14.5 Å². The van der Waals surface area contributed by atoms with E-state index in [0.717, 1.165) is 44.9 Å². The molecule has 0 aromatic rings. The van der Waals surface area contributed by atoms with Crippen LogP contribution < -0.4 is 0 Å². The highest BCUT2D eigenvalue weighted by Gasteiger charge is 2.23. The summed E-state index contributed by atoms with van der Waals surface area (Å²) in [7, 11) is 2.13. The number of nitrogens with zero attached hydrogens (tertiary/aromatic N) is 2. The number of likely N-dealkylation sites (N-methyl/N-ethyl adjacent to an activating group) is 1. The largest absolute Gasteiger partial charge is 0.376 e. The normalized spacial score (nSPS) is 27.4. The van der Waals surface area contributed by atoms with Crippen molar-refractivity contribution in [2.24, 2.45) is 5.92 Å². The summed E-state index contributed by atoms with van der Waals surface area (Å²) >= 11 is 0. The van der Waals surface area contributed by atoms with Crippen molar-refractivity contribution in [1.29, 1.82) is 0 Å². The Labute approximate surface area is 136 Å². The summed E-state index contributed by atoms with van der Waals surface area (Å²) in [6, 6.07) is 0. The quantitative estimate of drug-likeness (QED) is 0.756. The molecule has 0 aromatic heterocycles. The van der Waals surface area contributed by atoms with Gasteiger partial charge in [0.1, 0.15) is 0 Å². The predicted octanol–water partition coefficient (Wildman–Crippen LogP) is 2.91. The smallest absolute Gasteiger partial charge is 0.222 e. The Kier molecular flexibility index (Phi) is 7.16. The van der Waals surface area contributed by atoms with E-state index < -0.39 is 0 Å². The number of piperazine rings is 1. The Balaban J connectivity index is 1.56. The molecule has 4 heteroatoms. The highest BCUT2D eigenvalue weighted by molar-refractivity contribution is 5.76. The first-order chi connectivity index (χ1) is 10.5. The number of carbonyl (C=O) groups is 1. The monoisotopic (exact) mass is 310 g/mol. The second kappa shape index (κ2) is 8.88. The highest BCUT2D eigenvalue weighted by Crippen LogP contribution is 2.30. The molecule has 0 aromatic carbocycles. The van der Waals surface area contributed by atoms with Crippen LogP contribution in [-0.2, 0) is 9.53 Å². The average Bonchev–Trinajstić information content (AvgIpc) is 2.49. The lowest BCUT2D eigenvalue weighted by Crippen LogP contribution is -2.47. The third-order valence-corrected chi connectivity index (χ3v) is 5.12. The maximum atomic E-state index is 12.2.